The third kappa shape index (κ3) is 3.56. The number of hydrogen-bond acceptors (Lipinski definition) is 5. The Balaban J connectivity index is 2.24. The van der Waals surface area contributed by atoms with Crippen molar-refractivity contribution in [3.8, 4) is 5.75 Å². The van der Waals surface area contributed by atoms with Gasteiger partial charge in [-0.05, 0) is 30.5 Å². The molecule has 118 valence electrons. The largest absolute Gasteiger partial charge is 0.494 e. The Morgan fingerprint density at radius 2 is 2.24 bits per heavy atom. The summed E-state index contributed by atoms with van der Waals surface area (Å²) in [6.45, 7) is 2.77. The van der Waals surface area contributed by atoms with Gasteiger partial charge in [0.05, 0.1) is 24.2 Å². The Labute approximate surface area is 126 Å². The molecule has 1 saturated heterocycles. The summed E-state index contributed by atoms with van der Waals surface area (Å²) in [5, 5.41) is 10.7. The van der Waals surface area contributed by atoms with Crippen LogP contribution in [0.2, 0.25) is 0 Å². The van der Waals surface area contributed by atoms with Crippen molar-refractivity contribution in [1.29, 1.82) is 0 Å². The molecule has 3 N–H and O–H groups in total. The summed E-state index contributed by atoms with van der Waals surface area (Å²) < 4.78 is 29.1. The Bertz CT molecular complexity index is 587. The van der Waals surface area contributed by atoms with Gasteiger partial charge in [0.1, 0.15) is 5.75 Å². The average molecular weight is 313 g/mol. The number of ether oxygens (including phenoxy) is 1. The summed E-state index contributed by atoms with van der Waals surface area (Å²) in [6, 6.07) is 7.18. The van der Waals surface area contributed by atoms with Gasteiger partial charge >= 0.3 is 0 Å². The summed E-state index contributed by atoms with van der Waals surface area (Å²) in [5.41, 5.74) is 5.66. The van der Waals surface area contributed by atoms with Crippen molar-refractivity contribution in [1.82, 2.24) is 0 Å². The van der Waals surface area contributed by atoms with Crippen molar-refractivity contribution in [3.05, 3.63) is 29.8 Å². The van der Waals surface area contributed by atoms with Gasteiger partial charge < -0.3 is 15.6 Å². The Morgan fingerprint density at radius 1 is 1.48 bits per heavy atom. The van der Waals surface area contributed by atoms with Gasteiger partial charge in [0, 0.05) is 12.0 Å². The van der Waals surface area contributed by atoms with Gasteiger partial charge in [0.25, 0.3) is 0 Å². The van der Waals surface area contributed by atoms with Crippen LogP contribution in [0.5, 0.6) is 5.75 Å². The van der Waals surface area contributed by atoms with E-state index in [1.54, 1.807) is 18.2 Å². The van der Waals surface area contributed by atoms with Gasteiger partial charge in [-0.15, -0.1) is 0 Å². The zero-order valence-electron chi connectivity index (χ0n) is 12.3. The molecule has 1 aliphatic heterocycles. The summed E-state index contributed by atoms with van der Waals surface area (Å²) in [7, 11) is -3.11. The topological polar surface area (TPSA) is 89.6 Å². The van der Waals surface area contributed by atoms with Crippen molar-refractivity contribution in [2.45, 2.75) is 25.9 Å². The van der Waals surface area contributed by atoms with E-state index in [-0.39, 0.29) is 18.1 Å². The van der Waals surface area contributed by atoms with Crippen LogP contribution < -0.4 is 10.5 Å². The minimum atomic E-state index is -3.11. The SMILES string of the molecule is CCCOc1cccc(C(O)C2(CN)CCS(=O)(=O)C2)c1. The molecule has 1 aromatic carbocycles. The molecule has 1 aromatic rings. The summed E-state index contributed by atoms with van der Waals surface area (Å²) >= 11 is 0. The summed E-state index contributed by atoms with van der Waals surface area (Å²) in [4.78, 5) is 0. The maximum Gasteiger partial charge on any atom is 0.151 e. The second kappa shape index (κ2) is 6.34. The molecule has 0 aromatic heterocycles. The van der Waals surface area contributed by atoms with Crippen molar-refractivity contribution in [2.75, 3.05) is 24.7 Å². The average Bonchev–Trinajstić information content (AvgIpc) is 2.81. The minimum absolute atomic E-state index is 0.0578. The van der Waals surface area contributed by atoms with Crippen LogP contribution in [0.15, 0.2) is 24.3 Å². The van der Waals surface area contributed by atoms with Crippen LogP contribution in [0.25, 0.3) is 0 Å². The van der Waals surface area contributed by atoms with Crippen molar-refractivity contribution < 1.29 is 18.3 Å². The molecule has 6 heteroatoms. The molecule has 0 amide bonds. The van der Waals surface area contributed by atoms with E-state index in [2.05, 4.69) is 0 Å². The van der Waals surface area contributed by atoms with Gasteiger partial charge in [0.2, 0.25) is 0 Å². The molecular formula is C15H23NO4S. The van der Waals surface area contributed by atoms with E-state index in [0.29, 0.717) is 24.3 Å². The molecule has 1 heterocycles. The van der Waals surface area contributed by atoms with E-state index in [1.807, 2.05) is 13.0 Å². The van der Waals surface area contributed by atoms with Gasteiger partial charge in [0.15, 0.2) is 9.84 Å². The number of nitrogens with two attached hydrogens (primary N) is 1. The second-order valence-electron chi connectivity index (χ2n) is 5.73. The first-order chi connectivity index (χ1) is 9.92. The van der Waals surface area contributed by atoms with E-state index in [9.17, 15) is 13.5 Å². The highest BCUT2D eigenvalue weighted by atomic mass is 32.2. The molecule has 2 unspecified atom stereocenters. The highest BCUT2D eigenvalue weighted by Gasteiger charge is 2.47. The van der Waals surface area contributed by atoms with E-state index >= 15 is 0 Å². The third-order valence-corrected chi connectivity index (χ3v) is 5.89. The highest BCUT2D eigenvalue weighted by Crippen LogP contribution is 2.43. The fourth-order valence-electron chi connectivity index (χ4n) is 2.78. The lowest BCUT2D eigenvalue weighted by molar-refractivity contribution is 0.0470. The van der Waals surface area contributed by atoms with Gasteiger partial charge in [-0.2, -0.15) is 0 Å². The maximum atomic E-state index is 11.8. The van der Waals surface area contributed by atoms with E-state index in [1.165, 1.54) is 0 Å². The first kappa shape index (κ1) is 16.3. The number of hydrogen-bond donors (Lipinski definition) is 2. The molecule has 0 saturated carbocycles. The standard InChI is InChI=1S/C15H23NO4S/c1-2-7-20-13-5-3-4-12(9-13)14(17)15(10-16)6-8-21(18,19)11-15/h3-5,9,14,17H,2,6-8,10-11,16H2,1H3. The maximum absolute atomic E-state index is 11.8. The predicted molar refractivity (Wildman–Crippen MR) is 81.9 cm³/mol. The first-order valence-electron chi connectivity index (χ1n) is 7.24. The van der Waals surface area contributed by atoms with Crippen LogP contribution in [0.1, 0.15) is 31.4 Å². The van der Waals surface area contributed by atoms with Crippen molar-refractivity contribution in [2.24, 2.45) is 11.1 Å². The molecule has 2 rings (SSSR count). The smallest absolute Gasteiger partial charge is 0.151 e. The lowest BCUT2D eigenvalue weighted by atomic mass is 9.78. The zero-order chi connectivity index (χ0) is 15.5. The number of aliphatic hydroxyl groups excluding tert-OH is 1. The first-order valence-corrected chi connectivity index (χ1v) is 9.06. The molecule has 1 fully saturated rings. The summed E-state index contributed by atoms with van der Waals surface area (Å²) in [5.74, 6) is 0.715. The molecule has 0 bridgehead atoms. The van der Waals surface area contributed by atoms with Crippen LogP contribution in [0.4, 0.5) is 0 Å². The lowest BCUT2D eigenvalue weighted by Gasteiger charge is -2.32. The van der Waals surface area contributed by atoms with Crippen LogP contribution in [0, 0.1) is 5.41 Å². The molecule has 2 atom stereocenters. The van der Waals surface area contributed by atoms with Crippen LogP contribution in [0.3, 0.4) is 0 Å². The fourth-order valence-corrected chi connectivity index (χ4v) is 4.94. The summed E-state index contributed by atoms with van der Waals surface area (Å²) in [6.07, 6.45) is 0.398. The van der Waals surface area contributed by atoms with Crippen LogP contribution in [-0.4, -0.2) is 38.2 Å². The molecule has 0 aliphatic carbocycles. The van der Waals surface area contributed by atoms with Gasteiger partial charge in [-0.25, -0.2) is 8.42 Å². The molecule has 5 nitrogen and oxygen atoms in total. The zero-order valence-corrected chi connectivity index (χ0v) is 13.1. The Morgan fingerprint density at radius 3 is 2.81 bits per heavy atom. The van der Waals surface area contributed by atoms with E-state index < -0.39 is 21.4 Å². The minimum Gasteiger partial charge on any atom is -0.494 e. The fraction of sp³-hybridized carbons (Fsp3) is 0.600. The van der Waals surface area contributed by atoms with Crippen molar-refractivity contribution >= 4 is 9.84 Å². The molecule has 0 spiro atoms. The predicted octanol–water partition coefficient (Wildman–Crippen LogP) is 1.27. The second-order valence-corrected chi connectivity index (χ2v) is 7.92. The number of aliphatic hydroxyl groups is 1. The van der Waals surface area contributed by atoms with Gasteiger partial charge in [-0.1, -0.05) is 19.1 Å². The quantitative estimate of drug-likeness (QED) is 0.825. The molecule has 0 radical (unpaired) electrons. The molecule has 1 aliphatic rings. The van der Waals surface area contributed by atoms with Crippen molar-refractivity contribution in [3.63, 3.8) is 0 Å². The van der Waals surface area contributed by atoms with E-state index in [4.69, 9.17) is 10.5 Å². The number of rotatable bonds is 6. The van der Waals surface area contributed by atoms with Gasteiger partial charge in [-0.3, -0.25) is 0 Å². The monoisotopic (exact) mass is 313 g/mol. The lowest BCUT2D eigenvalue weighted by Crippen LogP contribution is -2.38. The highest BCUT2D eigenvalue weighted by molar-refractivity contribution is 7.91. The van der Waals surface area contributed by atoms with E-state index in [0.717, 1.165) is 6.42 Å². The number of sulfone groups is 1. The Kier molecular flexibility index (Phi) is 4.91. The normalized spacial score (nSPS) is 25.7. The molecule has 21 heavy (non-hydrogen) atoms. The van der Waals surface area contributed by atoms with Crippen LogP contribution >= 0.6 is 0 Å². The molecular weight excluding hydrogens is 290 g/mol. The van der Waals surface area contributed by atoms with Crippen LogP contribution in [-0.2, 0) is 9.84 Å². The number of benzene rings is 1. The third-order valence-electron chi connectivity index (χ3n) is 4.05. The Hall–Kier alpha value is -1.11.